The molecule has 0 saturated heterocycles. The summed E-state index contributed by atoms with van der Waals surface area (Å²) in [6.07, 6.45) is 6.18. The van der Waals surface area contributed by atoms with Gasteiger partial charge < -0.3 is 19.9 Å². The molecule has 9 heteroatoms. The van der Waals surface area contributed by atoms with Crippen molar-refractivity contribution >= 4 is 29.9 Å². The van der Waals surface area contributed by atoms with Crippen LogP contribution in [0.4, 0.5) is 4.39 Å². The van der Waals surface area contributed by atoms with Crippen LogP contribution in [0, 0.1) is 5.82 Å². The zero-order valence-electron chi connectivity index (χ0n) is 16.5. The number of guanidine groups is 1. The number of halogens is 2. The fourth-order valence-corrected chi connectivity index (χ4v) is 2.48. The maximum absolute atomic E-state index is 13.3. The Morgan fingerprint density at radius 1 is 1.21 bits per heavy atom. The van der Waals surface area contributed by atoms with E-state index in [1.165, 1.54) is 12.1 Å². The number of aromatic nitrogens is 3. The zero-order valence-corrected chi connectivity index (χ0v) is 18.8. The average Bonchev–Trinajstić information content (AvgIpc) is 3.18. The third kappa shape index (κ3) is 9.34. The lowest BCUT2D eigenvalue weighted by Gasteiger charge is -2.17. The van der Waals surface area contributed by atoms with Gasteiger partial charge in [-0.3, -0.25) is 0 Å². The van der Waals surface area contributed by atoms with Crippen molar-refractivity contribution in [3.05, 3.63) is 42.7 Å². The van der Waals surface area contributed by atoms with Gasteiger partial charge in [0.05, 0.1) is 6.54 Å². The molecular weight excluding hydrogens is 474 g/mol. The van der Waals surface area contributed by atoms with Crippen molar-refractivity contribution < 1.29 is 9.13 Å². The normalized spacial score (nSPS) is 12.2. The highest BCUT2D eigenvalue weighted by Crippen LogP contribution is 2.15. The maximum atomic E-state index is 13.3. The van der Waals surface area contributed by atoms with E-state index in [-0.39, 0.29) is 35.9 Å². The van der Waals surface area contributed by atoms with Crippen molar-refractivity contribution in [1.82, 2.24) is 25.4 Å². The van der Waals surface area contributed by atoms with Crippen LogP contribution in [0.5, 0.6) is 5.75 Å². The largest absolute Gasteiger partial charge is 0.488 e. The number of nitrogens with zero attached hydrogens (tertiary/aromatic N) is 4. The second kappa shape index (κ2) is 14.1. The number of unbranched alkanes of at least 4 members (excludes halogenated alkanes) is 1. The molecule has 1 aromatic carbocycles. The van der Waals surface area contributed by atoms with Crippen molar-refractivity contribution in [2.24, 2.45) is 4.99 Å². The summed E-state index contributed by atoms with van der Waals surface area (Å²) in [5.74, 6) is 0.999. The first-order valence-electron chi connectivity index (χ1n) is 9.48. The summed E-state index contributed by atoms with van der Waals surface area (Å²) in [7, 11) is 0. The summed E-state index contributed by atoms with van der Waals surface area (Å²) >= 11 is 0. The molecular formula is C19H30FIN6O. The zero-order chi connectivity index (χ0) is 19.3. The molecule has 0 fully saturated rings. The number of ether oxygens (including phenoxy) is 1. The summed E-state index contributed by atoms with van der Waals surface area (Å²) in [5, 5.41) is 14.2. The third-order valence-electron chi connectivity index (χ3n) is 3.95. The number of aryl methyl sites for hydroxylation is 1. The Morgan fingerprint density at radius 3 is 2.68 bits per heavy atom. The molecule has 156 valence electrons. The van der Waals surface area contributed by atoms with Crippen LogP contribution in [0.1, 0.15) is 33.1 Å². The lowest BCUT2D eigenvalue weighted by molar-refractivity contribution is 0.205. The Morgan fingerprint density at radius 2 is 2.00 bits per heavy atom. The van der Waals surface area contributed by atoms with Gasteiger partial charge in [0, 0.05) is 25.7 Å². The second-order valence-electron chi connectivity index (χ2n) is 6.16. The molecule has 0 spiro atoms. The molecule has 7 nitrogen and oxygen atoms in total. The quantitative estimate of drug-likeness (QED) is 0.213. The molecule has 1 unspecified atom stereocenters. The molecule has 2 N–H and O–H groups in total. The molecule has 28 heavy (non-hydrogen) atoms. The average molecular weight is 504 g/mol. The Labute approximate surface area is 183 Å². The van der Waals surface area contributed by atoms with Crippen LogP contribution in [0.3, 0.4) is 0 Å². The van der Waals surface area contributed by atoms with Gasteiger partial charge in [-0.2, -0.15) is 0 Å². The summed E-state index contributed by atoms with van der Waals surface area (Å²) in [5.41, 5.74) is 0. The van der Waals surface area contributed by atoms with Crippen molar-refractivity contribution in [3.8, 4) is 5.75 Å². The molecule has 1 aromatic heterocycles. The molecule has 0 aliphatic carbocycles. The summed E-state index contributed by atoms with van der Waals surface area (Å²) in [6, 6.07) is 6.20. The minimum absolute atomic E-state index is 0. The van der Waals surface area contributed by atoms with Gasteiger partial charge in [0.25, 0.3) is 0 Å². The Balaban J connectivity index is 0.00000392. The van der Waals surface area contributed by atoms with E-state index in [4.69, 9.17) is 4.74 Å². The SMILES string of the molecule is CCNC(=NCC(CC)Oc1cccc(F)c1)NCCCCn1cnnc1.I. The highest BCUT2D eigenvalue weighted by Gasteiger charge is 2.09. The van der Waals surface area contributed by atoms with E-state index in [1.807, 2.05) is 18.4 Å². The first-order valence-corrected chi connectivity index (χ1v) is 9.48. The molecule has 0 radical (unpaired) electrons. The highest BCUT2D eigenvalue weighted by atomic mass is 127. The van der Waals surface area contributed by atoms with E-state index in [9.17, 15) is 4.39 Å². The Bertz CT molecular complexity index is 683. The van der Waals surface area contributed by atoms with E-state index >= 15 is 0 Å². The Hall–Kier alpha value is -1.91. The fraction of sp³-hybridized carbons (Fsp3) is 0.526. The van der Waals surface area contributed by atoms with Gasteiger partial charge in [-0.1, -0.05) is 13.0 Å². The van der Waals surface area contributed by atoms with Crippen LogP contribution >= 0.6 is 24.0 Å². The van der Waals surface area contributed by atoms with E-state index in [2.05, 4.69) is 25.8 Å². The summed E-state index contributed by atoms with van der Waals surface area (Å²) in [6.45, 7) is 7.09. The number of hydrogen-bond acceptors (Lipinski definition) is 4. The van der Waals surface area contributed by atoms with Gasteiger partial charge in [-0.15, -0.1) is 34.2 Å². The van der Waals surface area contributed by atoms with E-state index in [0.717, 1.165) is 44.9 Å². The van der Waals surface area contributed by atoms with Gasteiger partial charge in [-0.25, -0.2) is 9.38 Å². The number of benzene rings is 1. The molecule has 0 saturated carbocycles. The first kappa shape index (κ1) is 24.1. The van der Waals surface area contributed by atoms with Gasteiger partial charge in [-0.05, 0) is 38.3 Å². The molecule has 0 aliphatic heterocycles. The smallest absolute Gasteiger partial charge is 0.191 e. The predicted octanol–water partition coefficient (Wildman–Crippen LogP) is 3.23. The lowest BCUT2D eigenvalue weighted by atomic mass is 10.2. The highest BCUT2D eigenvalue weighted by molar-refractivity contribution is 14.0. The molecule has 1 atom stereocenters. The van der Waals surface area contributed by atoms with Crippen LogP contribution in [0.25, 0.3) is 0 Å². The molecule has 2 aromatic rings. The minimum Gasteiger partial charge on any atom is -0.488 e. The van der Waals surface area contributed by atoms with E-state index < -0.39 is 0 Å². The molecule has 0 bridgehead atoms. The van der Waals surface area contributed by atoms with Crippen LogP contribution < -0.4 is 15.4 Å². The fourth-order valence-electron chi connectivity index (χ4n) is 2.48. The number of rotatable bonds is 11. The van der Waals surface area contributed by atoms with E-state index in [0.29, 0.717) is 12.3 Å². The number of nitrogens with one attached hydrogen (secondary N) is 2. The van der Waals surface area contributed by atoms with Crippen molar-refractivity contribution in [3.63, 3.8) is 0 Å². The van der Waals surface area contributed by atoms with Gasteiger partial charge in [0.15, 0.2) is 5.96 Å². The van der Waals surface area contributed by atoms with Crippen LogP contribution in [-0.4, -0.2) is 46.5 Å². The predicted molar refractivity (Wildman–Crippen MR) is 120 cm³/mol. The van der Waals surface area contributed by atoms with Gasteiger partial charge in [0.1, 0.15) is 30.3 Å². The van der Waals surface area contributed by atoms with Crippen LogP contribution in [0.15, 0.2) is 41.9 Å². The monoisotopic (exact) mass is 504 g/mol. The summed E-state index contributed by atoms with van der Waals surface area (Å²) in [4.78, 5) is 4.60. The molecule has 2 rings (SSSR count). The van der Waals surface area contributed by atoms with Gasteiger partial charge >= 0.3 is 0 Å². The Kier molecular flexibility index (Phi) is 12.2. The topological polar surface area (TPSA) is 76.4 Å². The molecule has 0 aliphatic rings. The van der Waals surface area contributed by atoms with Crippen molar-refractivity contribution in [1.29, 1.82) is 0 Å². The minimum atomic E-state index is -0.299. The second-order valence-corrected chi connectivity index (χ2v) is 6.16. The lowest BCUT2D eigenvalue weighted by Crippen LogP contribution is -2.38. The van der Waals surface area contributed by atoms with Crippen LogP contribution in [-0.2, 0) is 6.54 Å². The third-order valence-corrected chi connectivity index (χ3v) is 3.95. The van der Waals surface area contributed by atoms with Crippen LogP contribution in [0.2, 0.25) is 0 Å². The molecule has 0 amide bonds. The summed E-state index contributed by atoms with van der Waals surface area (Å²) < 4.78 is 21.1. The maximum Gasteiger partial charge on any atom is 0.191 e. The first-order chi connectivity index (χ1) is 13.2. The standard InChI is InChI=1S/C19H29FN6O.HI/c1-3-17(27-18-9-7-8-16(20)12-18)13-23-19(21-4-2)22-10-5-6-11-26-14-24-25-15-26;/h7-9,12,14-15,17H,3-6,10-11,13H2,1-2H3,(H2,21,22,23);1H. The van der Waals surface area contributed by atoms with E-state index in [1.54, 1.807) is 24.8 Å². The molecule has 1 heterocycles. The number of hydrogen-bond donors (Lipinski definition) is 2. The van der Waals surface area contributed by atoms with Crippen molar-refractivity contribution in [2.45, 2.75) is 45.8 Å². The van der Waals surface area contributed by atoms with Gasteiger partial charge in [0.2, 0.25) is 0 Å². The van der Waals surface area contributed by atoms with Crippen molar-refractivity contribution in [2.75, 3.05) is 19.6 Å². The number of aliphatic imine (C=N–C) groups is 1.